The van der Waals surface area contributed by atoms with Crippen LogP contribution < -0.4 is 5.32 Å². The fourth-order valence-corrected chi connectivity index (χ4v) is 5.97. The molecular formula is C39H77NO4. The minimum atomic E-state index is -0.826. The Balaban J connectivity index is 3.61. The molecule has 5 heteroatoms. The molecule has 0 amide bonds. The number of unbranched alkanes of at least 4 members (excludes halogenated alkanes) is 28. The molecule has 5 nitrogen and oxygen atoms in total. The average molecular weight is 624 g/mol. The zero-order valence-electron chi connectivity index (χ0n) is 30.0. The topological polar surface area (TPSA) is 64.6 Å². The second-order valence-corrected chi connectivity index (χ2v) is 13.4. The second kappa shape index (κ2) is 36.4. The van der Waals surface area contributed by atoms with Crippen molar-refractivity contribution in [2.45, 2.75) is 226 Å². The molecule has 1 N–H and O–H groups in total. The van der Waals surface area contributed by atoms with Crippen molar-refractivity contribution in [3.8, 4) is 0 Å². The Morgan fingerprint density at radius 1 is 0.409 bits per heavy atom. The molecule has 262 valence electrons. The van der Waals surface area contributed by atoms with E-state index in [1.54, 1.807) is 7.05 Å². The molecule has 0 aromatic rings. The quantitative estimate of drug-likeness (QED) is 0.0427. The second-order valence-electron chi connectivity index (χ2n) is 13.4. The van der Waals surface area contributed by atoms with Crippen LogP contribution in [0.1, 0.15) is 219 Å². The maximum absolute atomic E-state index is 12.3. The van der Waals surface area contributed by atoms with Crippen LogP contribution in [-0.2, 0) is 19.1 Å². The number of carbonyl (C=O) groups excluding carboxylic acids is 2. The molecule has 0 aromatic carbocycles. The van der Waals surface area contributed by atoms with Gasteiger partial charge in [-0.2, -0.15) is 0 Å². The summed E-state index contributed by atoms with van der Waals surface area (Å²) in [5.74, 6) is -0.528. The van der Waals surface area contributed by atoms with E-state index < -0.39 is 6.29 Å². The van der Waals surface area contributed by atoms with Crippen LogP contribution >= 0.6 is 0 Å². The van der Waals surface area contributed by atoms with Crippen molar-refractivity contribution in [3.05, 3.63) is 0 Å². The van der Waals surface area contributed by atoms with Gasteiger partial charge >= 0.3 is 11.9 Å². The predicted octanol–water partition coefficient (Wildman–Crippen LogP) is 12.1. The van der Waals surface area contributed by atoms with Gasteiger partial charge in [0.05, 0.1) is 6.54 Å². The minimum Gasteiger partial charge on any atom is -0.424 e. The van der Waals surface area contributed by atoms with Gasteiger partial charge in [0.25, 0.3) is 6.29 Å². The van der Waals surface area contributed by atoms with Crippen molar-refractivity contribution < 1.29 is 19.1 Å². The molecule has 0 heterocycles. The molecule has 0 spiro atoms. The van der Waals surface area contributed by atoms with Gasteiger partial charge in [0, 0.05) is 12.8 Å². The van der Waals surface area contributed by atoms with Crippen LogP contribution in [0.4, 0.5) is 0 Å². The van der Waals surface area contributed by atoms with Gasteiger partial charge in [-0.05, 0) is 19.9 Å². The third-order valence-electron chi connectivity index (χ3n) is 8.87. The lowest BCUT2D eigenvalue weighted by atomic mass is 10.0. The van der Waals surface area contributed by atoms with Gasteiger partial charge < -0.3 is 14.8 Å². The first-order valence-corrected chi connectivity index (χ1v) is 19.7. The van der Waals surface area contributed by atoms with Gasteiger partial charge in [0.15, 0.2) is 0 Å². The van der Waals surface area contributed by atoms with Gasteiger partial charge in [-0.15, -0.1) is 0 Å². The van der Waals surface area contributed by atoms with Gasteiger partial charge in [-0.25, -0.2) is 0 Å². The normalized spacial score (nSPS) is 11.4. The van der Waals surface area contributed by atoms with E-state index in [1.807, 2.05) is 0 Å². The van der Waals surface area contributed by atoms with Crippen LogP contribution in [0.25, 0.3) is 0 Å². The highest BCUT2D eigenvalue weighted by molar-refractivity contribution is 5.71. The number of hydrogen-bond donors (Lipinski definition) is 1. The summed E-state index contributed by atoms with van der Waals surface area (Å²) in [7, 11) is 1.78. The molecule has 0 radical (unpaired) electrons. The molecule has 0 fully saturated rings. The molecule has 0 aromatic heterocycles. The lowest BCUT2D eigenvalue weighted by Gasteiger charge is -2.18. The Morgan fingerprint density at radius 2 is 0.636 bits per heavy atom. The van der Waals surface area contributed by atoms with E-state index in [2.05, 4.69) is 19.2 Å². The van der Waals surface area contributed by atoms with E-state index in [-0.39, 0.29) is 11.9 Å². The van der Waals surface area contributed by atoms with Gasteiger partial charge in [0.2, 0.25) is 0 Å². The van der Waals surface area contributed by atoms with Crippen LogP contribution in [0.2, 0.25) is 0 Å². The van der Waals surface area contributed by atoms with Crippen molar-refractivity contribution in [1.29, 1.82) is 0 Å². The molecule has 0 aliphatic carbocycles. The largest absolute Gasteiger partial charge is 0.424 e. The molecule has 44 heavy (non-hydrogen) atoms. The van der Waals surface area contributed by atoms with Crippen LogP contribution in [0.3, 0.4) is 0 Å². The average Bonchev–Trinajstić information content (AvgIpc) is 3.01. The van der Waals surface area contributed by atoms with Gasteiger partial charge in [-0.3, -0.25) is 9.59 Å². The van der Waals surface area contributed by atoms with E-state index in [4.69, 9.17) is 9.47 Å². The highest BCUT2D eigenvalue weighted by Crippen LogP contribution is 2.16. The molecule has 0 aliphatic heterocycles. The summed E-state index contributed by atoms with van der Waals surface area (Å²) in [6, 6.07) is 0. The SMILES string of the molecule is CCCCCCCCCCCCCCCCCC(=O)OC(CNC)OC(=O)CCCCCCCCCCCCCCCCC. The third kappa shape index (κ3) is 33.8. The summed E-state index contributed by atoms with van der Waals surface area (Å²) >= 11 is 0. The summed E-state index contributed by atoms with van der Waals surface area (Å²) in [5, 5.41) is 2.97. The highest BCUT2D eigenvalue weighted by Gasteiger charge is 2.18. The van der Waals surface area contributed by atoms with Crippen LogP contribution in [0, 0.1) is 0 Å². The van der Waals surface area contributed by atoms with Crippen LogP contribution in [-0.4, -0.2) is 31.8 Å². The number of hydrogen-bond acceptors (Lipinski definition) is 5. The zero-order valence-corrected chi connectivity index (χ0v) is 30.0. The first kappa shape index (κ1) is 42.9. The van der Waals surface area contributed by atoms with Gasteiger partial charge in [-0.1, -0.05) is 194 Å². The fourth-order valence-electron chi connectivity index (χ4n) is 5.97. The highest BCUT2D eigenvalue weighted by atomic mass is 16.7. The Hall–Kier alpha value is -1.10. The molecule has 0 atom stereocenters. The molecule has 0 unspecified atom stereocenters. The van der Waals surface area contributed by atoms with Gasteiger partial charge in [0.1, 0.15) is 0 Å². The lowest BCUT2D eigenvalue weighted by Crippen LogP contribution is -2.33. The Labute approximate surface area is 275 Å². The van der Waals surface area contributed by atoms with Crippen LogP contribution in [0.15, 0.2) is 0 Å². The van der Waals surface area contributed by atoms with E-state index in [0.29, 0.717) is 19.4 Å². The summed E-state index contributed by atoms with van der Waals surface area (Å²) in [5.41, 5.74) is 0. The summed E-state index contributed by atoms with van der Waals surface area (Å²) in [6.07, 6.45) is 39.0. The minimum absolute atomic E-state index is 0.264. The predicted molar refractivity (Wildman–Crippen MR) is 189 cm³/mol. The van der Waals surface area contributed by atoms with E-state index >= 15 is 0 Å². The monoisotopic (exact) mass is 624 g/mol. The standard InChI is InChI=1S/C39H77NO4/c1-4-6-8-10-12-14-16-18-20-22-24-26-28-30-32-34-37(41)43-39(36-40-3)44-38(42)35-33-31-29-27-25-23-21-19-17-15-13-11-9-7-5-2/h39-40H,4-36H2,1-3H3. The summed E-state index contributed by atoms with van der Waals surface area (Å²) in [4.78, 5) is 24.6. The number of likely N-dealkylation sites (N-methyl/N-ethyl adjacent to an activating group) is 1. The number of rotatable bonds is 36. The molecule has 0 saturated heterocycles. The number of esters is 2. The molecular weight excluding hydrogens is 546 g/mol. The third-order valence-corrected chi connectivity index (χ3v) is 8.87. The van der Waals surface area contributed by atoms with Crippen LogP contribution in [0.5, 0.6) is 0 Å². The number of carbonyl (C=O) groups is 2. The first-order valence-electron chi connectivity index (χ1n) is 19.7. The lowest BCUT2D eigenvalue weighted by molar-refractivity contribution is -0.187. The summed E-state index contributed by atoms with van der Waals surface area (Å²) < 4.78 is 10.9. The molecule has 0 saturated carbocycles. The number of nitrogens with one attached hydrogen (secondary N) is 1. The van der Waals surface area contributed by atoms with Crippen molar-refractivity contribution in [1.82, 2.24) is 5.32 Å². The van der Waals surface area contributed by atoms with E-state index in [1.165, 1.54) is 167 Å². The molecule has 0 rings (SSSR count). The number of ether oxygens (including phenoxy) is 2. The Bertz CT molecular complexity index is 549. The smallest absolute Gasteiger partial charge is 0.308 e. The maximum atomic E-state index is 12.3. The van der Waals surface area contributed by atoms with E-state index in [9.17, 15) is 9.59 Å². The summed E-state index contributed by atoms with van der Waals surface area (Å²) in [6.45, 7) is 4.88. The molecule has 0 aliphatic rings. The first-order chi connectivity index (χ1) is 21.6. The van der Waals surface area contributed by atoms with E-state index in [0.717, 1.165) is 25.7 Å². The Morgan fingerprint density at radius 3 is 0.864 bits per heavy atom. The molecule has 0 bridgehead atoms. The van der Waals surface area contributed by atoms with Crippen molar-refractivity contribution >= 4 is 11.9 Å². The fraction of sp³-hybridized carbons (Fsp3) is 0.949. The zero-order chi connectivity index (χ0) is 32.2. The van der Waals surface area contributed by atoms with Crippen molar-refractivity contribution in [2.75, 3.05) is 13.6 Å². The maximum Gasteiger partial charge on any atom is 0.308 e. The van der Waals surface area contributed by atoms with Crippen molar-refractivity contribution in [3.63, 3.8) is 0 Å². The Kier molecular flexibility index (Phi) is 35.5. The van der Waals surface area contributed by atoms with Crippen molar-refractivity contribution in [2.24, 2.45) is 0 Å².